The van der Waals surface area contributed by atoms with Crippen LogP contribution in [0.2, 0.25) is 0 Å². The smallest absolute Gasteiger partial charge is 0.246 e. The number of hydrogen-bond acceptors (Lipinski definition) is 4. The van der Waals surface area contributed by atoms with Crippen molar-refractivity contribution in [2.24, 2.45) is 7.05 Å². The van der Waals surface area contributed by atoms with Gasteiger partial charge in [0, 0.05) is 37.9 Å². The topological polar surface area (TPSA) is 73.0 Å². The predicted molar refractivity (Wildman–Crippen MR) is 108 cm³/mol. The van der Waals surface area contributed by atoms with Gasteiger partial charge in [-0.2, -0.15) is 14.5 Å². The van der Waals surface area contributed by atoms with Gasteiger partial charge in [0.1, 0.15) is 4.90 Å². The Morgan fingerprint density at radius 3 is 2.32 bits per heavy atom. The molecule has 2 aromatic heterocycles. The molecule has 150 valence electrons. The van der Waals surface area contributed by atoms with Gasteiger partial charge in [0.2, 0.25) is 10.0 Å². The van der Waals surface area contributed by atoms with Gasteiger partial charge in [-0.1, -0.05) is 30.3 Å². The Hall–Kier alpha value is -2.45. The van der Waals surface area contributed by atoms with Crippen LogP contribution in [0.25, 0.3) is 0 Å². The molecular formula is C20H27N5O2S. The van der Waals surface area contributed by atoms with Crippen LogP contribution < -0.4 is 0 Å². The van der Waals surface area contributed by atoms with Crippen LogP contribution in [-0.4, -0.2) is 38.8 Å². The minimum atomic E-state index is -3.68. The van der Waals surface area contributed by atoms with E-state index in [4.69, 9.17) is 0 Å². The Morgan fingerprint density at radius 1 is 1.04 bits per heavy atom. The van der Waals surface area contributed by atoms with E-state index in [-0.39, 0.29) is 11.4 Å². The summed E-state index contributed by atoms with van der Waals surface area (Å²) in [5, 5.41) is 8.48. The zero-order chi connectivity index (χ0) is 20.3. The van der Waals surface area contributed by atoms with Crippen molar-refractivity contribution in [3.63, 3.8) is 0 Å². The lowest BCUT2D eigenvalue weighted by Crippen LogP contribution is -2.33. The van der Waals surface area contributed by atoms with Gasteiger partial charge in [0.15, 0.2) is 0 Å². The summed E-state index contributed by atoms with van der Waals surface area (Å²) in [6.45, 7) is 7.20. The van der Waals surface area contributed by atoms with Crippen molar-refractivity contribution in [2.75, 3.05) is 6.54 Å². The second kappa shape index (κ2) is 8.28. The number of sulfonamides is 1. The van der Waals surface area contributed by atoms with E-state index in [0.717, 1.165) is 23.4 Å². The summed E-state index contributed by atoms with van der Waals surface area (Å²) < 4.78 is 31.9. The normalized spacial score (nSPS) is 12.0. The van der Waals surface area contributed by atoms with E-state index in [1.807, 2.05) is 48.9 Å². The van der Waals surface area contributed by atoms with Gasteiger partial charge in [-0.05, 0) is 32.8 Å². The van der Waals surface area contributed by atoms with Crippen LogP contribution in [-0.2, 0) is 36.6 Å². The maximum Gasteiger partial charge on any atom is 0.246 e. The lowest BCUT2D eigenvalue weighted by Gasteiger charge is -2.22. The predicted octanol–water partition coefficient (Wildman–Crippen LogP) is 2.69. The SMILES string of the molecule is CCn1ncc(CN(CCc2ccccc2)S(=O)(=O)c2cnn(C)c2C)c1C. The Morgan fingerprint density at radius 2 is 1.75 bits per heavy atom. The standard InChI is InChI=1S/C20H27N5O2S/c1-5-25-16(2)19(13-22-25)15-24(12-11-18-9-7-6-8-10-18)28(26,27)20-14-21-23(4)17(20)3/h6-10,13-14H,5,11-12,15H2,1-4H3. The first-order chi connectivity index (χ1) is 13.3. The largest absolute Gasteiger partial charge is 0.272 e. The molecule has 7 nitrogen and oxygen atoms in total. The Kier molecular flexibility index (Phi) is 6.00. The third kappa shape index (κ3) is 4.02. The number of nitrogens with zero attached hydrogens (tertiary/aromatic N) is 5. The molecule has 0 bridgehead atoms. The zero-order valence-corrected chi connectivity index (χ0v) is 17.6. The molecule has 0 aliphatic rings. The van der Waals surface area contributed by atoms with E-state index in [9.17, 15) is 8.42 Å². The van der Waals surface area contributed by atoms with Gasteiger partial charge in [-0.15, -0.1) is 0 Å². The molecule has 0 unspecified atom stereocenters. The molecule has 0 radical (unpaired) electrons. The van der Waals surface area contributed by atoms with E-state index in [1.165, 1.54) is 10.5 Å². The molecular weight excluding hydrogens is 374 g/mol. The van der Waals surface area contributed by atoms with Crippen molar-refractivity contribution in [3.8, 4) is 0 Å². The molecule has 0 aliphatic carbocycles. The van der Waals surface area contributed by atoms with Crippen molar-refractivity contribution >= 4 is 10.0 Å². The number of hydrogen-bond donors (Lipinski definition) is 0. The minimum absolute atomic E-state index is 0.253. The van der Waals surface area contributed by atoms with Crippen LogP contribution >= 0.6 is 0 Å². The quantitative estimate of drug-likeness (QED) is 0.582. The highest BCUT2D eigenvalue weighted by Crippen LogP contribution is 2.22. The summed E-state index contributed by atoms with van der Waals surface area (Å²) in [4.78, 5) is 0.253. The van der Waals surface area contributed by atoms with Gasteiger partial charge < -0.3 is 0 Å². The van der Waals surface area contributed by atoms with E-state index in [2.05, 4.69) is 10.2 Å². The molecule has 2 heterocycles. The van der Waals surface area contributed by atoms with Crippen molar-refractivity contribution in [1.29, 1.82) is 0 Å². The molecule has 28 heavy (non-hydrogen) atoms. The molecule has 8 heteroatoms. The first kappa shape index (κ1) is 20.3. The van der Waals surface area contributed by atoms with Crippen LogP contribution in [0.4, 0.5) is 0 Å². The highest BCUT2D eigenvalue weighted by Gasteiger charge is 2.29. The molecule has 0 saturated carbocycles. The molecule has 3 aromatic rings. The monoisotopic (exact) mass is 401 g/mol. The Bertz CT molecular complexity index is 1040. The number of aryl methyl sites for hydroxylation is 2. The molecule has 0 fully saturated rings. The first-order valence-corrected chi connectivity index (χ1v) is 10.8. The van der Waals surface area contributed by atoms with Gasteiger partial charge in [0.05, 0.1) is 18.1 Å². The molecule has 0 aliphatic heterocycles. The lowest BCUT2D eigenvalue weighted by molar-refractivity contribution is 0.408. The van der Waals surface area contributed by atoms with Gasteiger partial charge in [-0.3, -0.25) is 9.36 Å². The summed E-state index contributed by atoms with van der Waals surface area (Å²) in [5.74, 6) is 0. The fraction of sp³-hybridized carbons (Fsp3) is 0.400. The van der Waals surface area contributed by atoms with Crippen LogP contribution in [0, 0.1) is 13.8 Å². The van der Waals surface area contributed by atoms with Crippen LogP contribution in [0.3, 0.4) is 0 Å². The highest BCUT2D eigenvalue weighted by atomic mass is 32.2. The maximum absolute atomic E-state index is 13.4. The van der Waals surface area contributed by atoms with Crippen LogP contribution in [0.5, 0.6) is 0 Å². The van der Waals surface area contributed by atoms with Gasteiger partial charge in [-0.25, -0.2) is 8.42 Å². The van der Waals surface area contributed by atoms with E-state index >= 15 is 0 Å². The maximum atomic E-state index is 13.4. The van der Waals surface area contributed by atoms with E-state index < -0.39 is 10.0 Å². The highest BCUT2D eigenvalue weighted by molar-refractivity contribution is 7.89. The third-order valence-electron chi connectivity index (χ3n) is 5.15. The molecule has 0 N–H and O–H groups in total. The minimum Gasteiger partial charge on any atom is -0.272 e. The summed E-state index contributed by atoms with van der Waals surface area (Å²) in [6, 6.07) is 9.92. The average Bonchev–Trinajstić information content (AvgIpc) is 3.21. The van der Waals surface area contributed by atoms with Crippen LogP contribution in [0.15, 0.2) is 47.6 Å². The molecule has 1 aromatic carbocycles. The van der Waals surface area contributed by atoms with E-state index in [1.54, 1.807) is 24.9 Å². The second-order valence-electron chi connectivity index (χ2n) is 6.86. The van der Waals surface area contributed by atoms with Crippen molar-refractivity contribution in [3.05, 3.63) is 65.2 Å². The summed E-state index contributed by atoms with van der Waals surface area (Å²) in [5.41, 5.74) is 3.64. The summed E-state index contributed by atoms with van der Waals surface area (Å²) >= 11 is 0. The number of aromatic nitrogens is 4. The molecule has 3 rings (SSSR count). The molecule has 0 spiro atoms. The van der Waals surface area contributed by atoms with Gasteiger partial charge in [0.25, 0.3) is 0 Å². The molecule has 0 amide bonds. The average molecular weight is 402 g/mol. The van der Waals surface area contributed by atoms with E-state index in [0.29, 0.717) is 18.7 Å². The van der Waals surface area contributed by atoms with Crippen molar-refractivity contribution in [2.45, 2.75) is 45.2 Å². The molecule has 0 saturated heterocycles. The summed E-state index contributed by atoms with van der Waals surface area (Å²) in [7, 11) is -1.93. The second-order valence-corrected chi connectivity index (χ2v) is 8.77. The fourth-order valence-electron chi connectivity index (χ4n) is 3.20. The Labute approximate surface area is 166 Å². The van der Waals surface area contributed by atoms with Gasteiger partial charge >= 0.3 is 0 Å². The first-order valence-electron chi connectivity index (χ1n) is 9.38. The number of benzene rings is 1. The fourth-order valence-corrected chi connectivity index (χ4v) is 4.81. The van der Waals surface area contributed by atoms with Crippen molar-refractivity contribution in [1.82, 2.24) is 23.9 Å². The lowest BCUT2D eigenvalue weighted by atomic mass is 10.1. The Balaban J connectivity index is 1.93. The van der Waals surface area contributed by atoms with Crippen LogP contribution in [0.1, 0.15) is 29.4 Å². The number of rotatable bonds is 8. The zero-order valence-electron chi connectivity index (χ0n) is 16.8. The molecule has 0 atom stereocenters. The third-order valence-corrected chi connectivity index (χ3v) is 7.10. The summed E-state index contributed by atoms with van der Waals surface area (Å²) in [6.07, 6.45) is 3.84. The van der Waals surface area contributed by atoms with Crippen molar-refractivity contribution < 1.29 is 8.42 Å².